The van der Waals surface area contributed by atoms with E-state index in [1.807, 2.05) is 12.1 Å². The van der Waals surface area contributed by atoms with Crippen LogP contribution in [0.25, 0.3) is 0 Å². The number of aliphatic imine (C=N–C) groups is 1. The van der Waals surface area contributed by atoms with Crippen molar-refractivity contribution < 1.29 is 9.18 Å². The first kappa shape index (κ1) is 18.6. The molecule has 0 bridgehead atoms. The number of carbonyl (C=O) groups is 1. The van der Waals surface area contributed by atoms with Crippen LogP contribution in [0.4, 0.5) is 4.39 Å². The molecule has 1 aromatic rings. The SMILES string of the molecule is CN=C(NCC1(c2ccccc2F)CC1)NC1CCN(CC(N)=O)CC1. The predicted molar refractivity (Wildman–Crippen MR) is 100 cm³/mol. The Labute approximate surface area is 154 Å². The molecule has 2 fully saturated rings. The Balaban J connectivity index is 1.49. The highest BCUT2D eigenvalue weighted by atomic mass is 19.1. The third-order valence-electron chi connectivity index (χ3n) is 5.42. The average Bonchev–Trinajstić information content (AvgIpc) is 3.41. The van der Waals surface area contributed by atoms with Crippen LogP contribution in [0.2, 0.25) is 0 Å². The minimum atomic E-state index is -0.281. The minimum Gasteiger partial charge on any atom is -0.369 e. The van der Waals surface area contributed by atoms with Gasteiger partial charge in [-0.25, -0.2) is 4.39 Å². The number of halogens is 1. The summed E-state index contributed by atoms with van der Waals surface area (Å²) >= 11 is 0. The number of guanidine groups is 1. The zero-order chi connectivity index (χ0) is 18.6. The summed E-state index contributed by atoms with van der Waals surface area (Å²) in [5.74, 6) is 0.342. The fraction of sp³-hybridized carbons (Fsp3) is 0.579. The van der Waals surface area contributed by atoms with Gasteiger partial charge in [-0.1, -0.05) is 18.2 Å². The molecule has 4 N–H and O–H groups in total. The maximum absolute atomic E-state index is 14.1. The van der Waals surface area contributed by atoms with Crippen molar-refractivity contribution in [2.75, 3.05) is 33.2 Å². The molecule has 0 aromatic heterocycles. The van der Waals surface area contributed by atoms with E-state index in [1.165, 1.54) is 6.07 Å². The van der Waals surface area contributed by atoms with Crippen LogP contribution in [0.3, 0.4) is 0 Å². The highest BCUT2D eigenvalue weighted by Crippen LogP contribution is 2.48. The van der Waals surface area contributed by atoms with Crippen LogP contribution in [0.1, 0.15) is 31.2 Å². The standard InChI is InChI=1S/C19H28FN5O/c1-22-18(24-14-6-10-25(11-7-14)12-17(21)26)23-13-19(8-9-19)15-4-2-3-5-16(15)20/h2-5,14H,6-13H2,1H3,(H2,21,26)(H2,22,23,24). The number of hydrogen-bond acceptors (Lipinski definition) is 3. The molecule has 1 aromatic carbocycles. The molecule has 1 aliphatic carbocycles. The van der Waals surface area contributed by atoms with E-state index in [1.54, 1.807) is 13.1 Å². The number of rotatable bonds is 6. The van der Waals surface area contributed by atoms with Crippen molar-refractivity contribution >= 4 is 11.9 Å². The smallest absolute Gasteiger partial charge is 0.231 e. The molecule has 1 saturated heterocycles. The quantitative estimate of drug-likeness (QED) is 0.521. The molecule has 0 unspecified atom stereocenters. The van der Waals surface area contributed by atoms with Crippen molar-refractivity contribution in [3.05, 3.63) is 35.6 Å². The van der Waals surface area contributed by atoms with Crippen LogP contribution >= 0.6 is 0 Å². The monoisotopic (exact) mass is 361 g/mol. The van der Waals surface area contributed by atoms with Crippen molar-refractivity contribution in [3.63, 3.8) is 0 Å². The molecule has 1 aliphatic heterocycles. The fourth-order valence-corrected chi connectivity index (χ4v) is 3.68. The van der Waals surface area contributed by atoms with E-state index in [9.17, 15) is 9.18 Å². The first-order valence-electron chi connectivity index (χ1n) is 9.25. The number of nitrogens with zero attached hydrogens (tertiary/aromatic N) is 2. The molecular formula is C19H28FN5O. The lowest BCUT2D eigenvalue weighted by Gasteiger charge is -2.32. The van der Waals surface area contributed by atoms with Gasteiger partial charge in [0.1, 0.15) is 5.82 Å². The molecular weight excluding hydrogens is 333 g/mol. The predicted octanol–water partition coefficient (Wildman–Crippen LogP) is 0.972. The second-order valence-electron chi connectivity index (χ2n) is 7.35. The number of hydrogen-bond donors (Lipinski definition) is 3. The third kappa shape index (κ3) is 4.52. The summed E-state index contributed by atoms with van der Waals surface area (Å²) in [6.45, 7) is 2.69. The summed E-state index contributed by atoms with van der Waals surface area (Å²) in [5, 5.41) is 6.82. The minimum absolute atomic E-state index is 0.117. The summed E-state index contributed by atoms with van der Waals surface area (Å²) in [6, 6.07) is 7.35. The number of nitrogens with two attached hydrogens (primary N) is 1. The van der Waals surface area contributed by atoms with Crippen molar-refractivity contribution in [3.8, 4) is 0 Å². The molecule has 1 heterocycles. The third-order valence-corrected chi connectivity index (χ3v) is 5.42. The van der Waals surface area contributed by atoms with Gasteiger partial charge in [0, 0.05) is 38.1 Å². The highest BCUT2D eigenvalue weighted by Gasteiger charge is 2.45. The van der Waals surface area contributed by atoms with Crippen LogP contribution in [0, 0.1) is 5.82 Å². The van der Waals surface area contributed by atoms with Gasteiger partial charge in [-0.05, 0) is 37.3 Å². The highest BCUT2D eigenvalue weighted by molar-refractivity contribution is 5.80. The Bertz CT molecular complexity index is 666. The lowest BCUT2D eigenvalue weighted by atomic mass is 9.95. The second-order valence-corrected chi connectivity index (χ2v) is 7.35. The van der Waals surface area contributed by atoms with Crippen LogP contribution in [0.5, 0.6) is 0 Å². The number of nitrogens with one attached hydrogen (secondary N) is 2. The van der Waals surface area contributed by atoms with Crippen LogP contribution in [-0.4, -0.2) is 56.0 Å². The van der Waals surface area contributed by atoms with Crippen molar-refractivity contribution in [1.82, 2.24) is 15.5 Å². The number of carbonyl (C=O) groups excluding carboxylic acids is 1. The van der Waals surface area contributed by atoms with Crippen molar-refractivity contribution in [2.24, 2.45) is 10.7 Å². The lowest BCUT2D eigenvalue weighted by Crippen LogP contribution is -2.50. The summed E-state index contributed by atoms with van der Waals surface area (Å²) in [6.07, 6.45) is 3.85. The van der Waals surface area contributed by atoms with E-state index in [4.69, 9.17) is 5.73 Å². The number of piperidine rings is 1. The summed E-state index contributed by atoms with van der Waals surface area (Å²) in [5.41, 5.74) is 5.93. The Kier molecular flexibility index (Phi) is 5.76. The largest absolute Gasteiger partial charge is 0.369 e. The van der Waals surface area contributed by atoms with Gasteiger partial charge >= 0.3 is 0 Å². The number of amides is 1. The summed E-state index contributed by atoms with van der Waals surface area (Å²) in [4.78, 5) is 17.4. The van der Waals surface area contributed by atoms with Gasteiger partial charge in [-0.2, -0.15) is 0 Å². The molecule has 6 nitrogen and oxygen atoms in total. The maximum atomic E-state index is 14.1. The van der Waals surface area contributed by atoms with E-state index in [-0.39, 0.29) is 17.1 Å². The molecule has 1 saturated carbocycles. The van der Waals surface area contributed by atoms with Gasteiger partial charge in [0.15, 0.2) is 5.96 Å². The molecule has 0 spiro atoms. The van der Waals surface area contributed by atoms with Gasteiger partial charge in [0.25, 0.3) is 0 Å². The summed E-state index contributed by atoms with van der Waals surface area (Å²) in [7, 11) is 1.75. The first-order chi connectivity index (χ1) is 12.5. The molecule has 3 rings (SSSR count). The van der Waals surface area contributed by atoms with Crippen LogP contribution in [-0.2, 0) is 10.2 Å². The van der Waals surface area contributed by atoms with E-state index in [0.29, 0.717) is 19.1 Å². The molecule has 0 radical (unpaired) electrons. The van der Waals surface area contributed by atoms with E-state index in [2.05, 4.69) is 20.5 Å². The number of benzene rings is 1. The molecule has 142 valence electrons. The van der Waals surface area contributed by atoms with Gasteiger partial charge in [0.2, 0.25) is 5.91 Å². The van der Waals surface area contributed by atoms with Crippen LogP contribution in [0.15, 0.2) is 29.3 Å². The zero-order valence-electron chi connectivity index (χ0n) is 15.3. The van der Waals surface area contributed by atoms with Gasteiger partial charge in [-0.3, -0.25) is 14.7 Å². The van der Waals surface area contributed by atoms with Crippen molar-refractivity contribution in [1.29, 1.82) is 0 Å². The average molecular weight is 361 g/mol. The fourth-order valence-electron chi connectivity index (χ4n) is 3.68. The first-order valence-corrected chi connectivity index (χ1v) is 9.25. The number of likely N-dealkylation sites (tertiary alicyclic amines) is 1. The Morgan fingerprint density at radius 2 is 2.04 bits per heavy atom. The lowest BCUT2D eigenvalue weighted by molar-refractivity contribution is -0.119. The van der Waals surface area contributed by atoms with E-state index in [0.717, 1.165) is 50.3 Å². The molecule has 0 atom stereocenters. The maximum Gasteiger partial charge on any atom is 0.231 e. The van der Waals surface area contributed by atoms with Gasteiger partial charge in [-0.15, -0.1) is 0 Å². The molecule has 7 heteroatoms. The Morgan fingerprint density at radius 3 is 2.62 bits per heavy atom. The molecule has 26 heavy (non-hydrogen) atoms. The Hall–Kier alpha value is -2.15. The van der Waals surface area contributed by atoms with Crippen LogP contribution < -0.4 is 16.4 Å². The van der Waals surface area contributed by atoms with Crippen molar-refractivity contribution in [2.45, 2.75) is 37.1 Å². The second kappa shape index (κ2) is 8.03. The van der Waals surface area contributed by atoms with E-state index >= 15 is 0 Å². The topological polar surface area (TPSA) is 82.8 Å². The summed E-state index contributed by atoms with van der Waals surface area (Å²) < 4.78 is 14.1. The molecule has 2 aliphatic rings. The Morgan fingerprint density at radius 1 is 1.35 bits per heavy atom. The zero-order valence-corrected chi connectivity index (χ0v) is 15.3. The number of primary amides is 1. The van der Waals surface area contributed by atoms with Gasteiger partial charge in [0.05, 0.1) is 6.54 Å². The van der Waals surface area contributed by atoms with E-state index < -0.39 is 0 Å². The van der Waals surface area contributed by atoms with Gasteiger partial charge < -0.3 is 16.4 Å². The normalized spacial score (nSPS) is 20.6. The molecule has 1 amide bonds.